The van der Waals surface area contributed by atoms with Crippen molar-refractivity contribution < 1.29 is 19.1 Å². The first kappa shape index (κ1) is 15.1. The molecule has 24 heavy (non-hydrogen) atoms. The van der Waals surface area contributed by atoms with Crippen molar-refractivity contribution in [1.29, 1.82) is 0 Å². The summed E-state index contributed by atoms with van der Waals surface area (Å²) in [5.41, 5.74) is 2.49. The third-order valence-corrected chi connectivity index (χ3v) is 7.57. The molecule has 2 bridgehead atoms. The third-order valence-electron chi connectivity index (χ3n) is 7.02. The van der Waals surface area contributed by atoms with E-state index < -0.39 is 6.10 Å². The van der Waals surface area contributed by atoms with Crippen LogP contribution in [0, 0.1) is 5.92 Å². The molecule has 1 aromatic rings. The van der Waals surface area contributed by atoms with Gasteiger partial charge in [0.05, 0.1) is 26.1 Å². The average molecular weight is 349 g/mol. The Balaban J connectivity index is 1.80. The van der Waals surface area contributed by atoms with Crippen LogP contribution in [0.4, 0.5) is 0 Å². The maximum atomic E-state index is 10.7. The van der Waals surface area contributed by atoms with Gasteiger partial charge in [-0.2, -0.15) is 0 Å². The predicted octanol–water partition coefficient (Wildman–Crippen LogP) is 2.21. The molecule has 1 aromatic carbocycles. The number of ether oxygens (including phenoxy) is 2. The van der Waals surface area contributed by atoms with Crippen molar-refractivity contribution in [3.8, 4) is 11.5 Å². The lowest BCUT2D eigenvalue weighted by Gasteiger charge is -2.59. The van der Waals surface area contributed by atoms with Crippen LogP contribution in [0.15, 0.2) is 24.3 Å². The molecule has 1 saturated heterocycles. The fraction of sp³-hybridized carbons (Fsp3) is 0.579. The minimum absolute atomic E-state index is 0.139. The van der Waals surface area contributed by atoms with Crippen LogP contribution in [0.5, 0.6) is 11.5 Å². The second-order valence-corrected chi connectivity index (χ2v) is 8.19. The predicted molar refractivity (Wildman–Crippen MR) is 91.6 cm³/mol. The number of hydrogen-bond donors (Lipinski definition) is 1. The van der Waals surface area contributed by atoms with Crippen molar-refractivity contribution in [1.82, 2.24) is 0 Å². The summed E-state index contributed by atoms with van der Waals surface area (Å²) in [6.45, 7) is 1.02. The Kier molecular flexibility index (Phi) is 2.94. The normalized spacial score (nSPS) is 44.0. The number of likely N-dealkylation sites (N-methyl/N-ethyl adjacent to an activating group) is 1. The second kappa shape index (κ2) is 4.69. The number of piperidine rings is 1. The van der Waals surface area contributed by atoms with E-state index in [0.29, 0.717) is 18.0 Å². The van der Waals surface area contributed by atoms with E-state index in [2.05, 4.69) is 19.2 Å². The number of nitrogens with zero attached hydrogens (tertiary/aromatic N) is 1. The minimum Gasteiger partial charge on any atom is -0.493 e. The quantitative estimate of drug-likeness (QED) is 0.385. The van der Waals surface area contributed by atoms with E-state index in [0.717, 1.165) is 35.4 Å². The average Bonchev–Trinajstić information content (AvgIpc) is 2.95. The van der Waals surface area contributed by atoms with Crippen molar-refractivity contribution in [3.63, 3.8) is 0 Å². The van der Waals surface area contributed by atoms with Gasteiger partial charge in [0.2, 0.25) is 0 Å². The summed E-state index contributed by atoms with van der Waals surface area (Å²) < 4.78 is 12.8. The summed E-state index contributed by atoms with van der Waals surface area (Å²) in [6.07, 6.45) is 5.35. The van der Waals surface area contributed by atoms with Gasteiger partial charge in [-0.3, -0.25) is 0 Å². The monoisotopic (exact) mass is 348 g/mol. The van der Waals surface area contributed by atoms with E-state index in [1.54, 1.807) is 7.11 Å². The summed E-state index contributed by atoms with van der Waals surface area (Å²) in [6, 6.07) is 5.24. The van der Waals surface area contributed by atoms with Crippen LogP contribution in [0.3, 0.4) is 0 Å². The molecule has 0 saturated carbocycles. The zero-order valence-electron chi connectivity index (χ0n) is 14.0. The number of alkyl halides is 1. The van der Waals surface area contributed by atoms with Crippen LogP contribution < -0.4 is 9.47 Å². The molecule has 6 atom stereocenters. The Morgan fingerprint density at radius 1 is 1.42 bits per heavy atom. The molecule has 2 aliphatic carbocycles. The van der Waals surface area contributed by atoms with Crippen molar-refractivity contribution in [2.75, 3.05) is 26.7 Å². The highest BCUT2D eigenvalue weighted by Crippen LogP contribution is 2.63. The van der Waals surface area contributed by atoms with Gasteiger partial charge in [0, 0.05) is 24.3 Å². The molecule has 0 aromatic heterocycles. The lowest BCUT2D eigenvalue weighted by Crippen LogP contribution is -2.70. The first-order valence-electron chi connectivity index (χ1n) is 8.69. The van der Waals surface area contributed by atoms with Gasteiger partial charge < -0.3 is 19.1 Å². The second-order valence-electron chi connectivity index (χ2n) is 7.96. The van der Waals surface area contributed by atoms with Gasteiger partial charge in [-0.25, -0.2) is 0 Å². The SMILES string of the molecule is COc1ccc2c3c1O[C@H]1[C@@H](O)C=C[C@H]4[C@@H](C2)[N+](C)(CCl)CC[C@@]341. The molecule has 4 nitrogen and oxygen atoms in total. The largest absolute Gasteiger partial charge is 0.493 e. The Hall–Kier alpha value is -1.23. The van der Waals surface area contributed by atoms with E-state index >= 15 is 0 Å². The van der Waals surface area contributed by atoms with Gasteiger partial charge in [0.25, 0.3) is 0 Å². The first-order chi connectivity index (χ1) is 11.5. The Morgan fingerprint density at radius 2 is 2.25 bits per heavy atom. The minimum atomic E-state index is -0.571. The number of hydrogen-bond acceptors (Lipinski definition) is 3. The van der Waals surface area contributed by atoms with Crippen LogP contribution >= 0.6 is 11.6 Å². The standard InChI is InChI=1S/C19H23ClNO3/c1-21(10-20)8-7-19-12-4-5-14(22)18(19)24-17-15(23-2)6-3-11(16(17)19)9-13(12)21/h3-6,12-14,18,22H,7-10H2,1-2H3/q+1/t12-,13+,14-,18-,19-,21?/m0/s1. The number of likely N-dealkylation sites (tertiary alicyclic amines) is 1. The van der Waals surface area contributed by atoms with Crippen LogP contribution in [-0.2, 0) is 11.8 Å². The lowest BCUT2D eigenvalue weighted by atomic mass is 9.53. The molecule has 1 spiro atoms. The lowest BCUT2D eigenvalue weighted by molar-refractivity contribution is -0.934. The molecular formula is C19H23ClNO3+. The van der Waals surface area contributed by atoms with Crippen LogP contribution in [0.2, 0.25) is 0 Å². The van der Waals surface area contributed by atoms with E-state index in [1.165, 1.54) is 11.1 Å². The Bertz CT molecular complexity index is 750. The fourth-order valence-electron chi connectivity index (χ4n) is 5.79. The molecule has 4 aliphatic rings. The summed E-state index contributed by atoms with van der Waals surface area (Å²) in [5, 5.41) is 10.7. The van der Waals surface area contributed by atoms with Crippen molar-refractivity contribution in [2.45, 2.75) is 36.5 Å². The van der Waals surface area contributed by atoms with Crippen LogP contribution in [0.25, 0.3) is 0 Å². The maximum absolute atomic E-state index is 10.7. The molecule has 2 aliphatic heterocycles. The summed E-state index contributed by atoms with van der Waals surface area (Å²) in [7, 11) is 3.95. The smallest absolute Gasteiger partial charge is 0.165 e. The van der Waals surface area contributed by atoms with Gasteiger partial charge in [0.15, 0.2) is 17.5 Å². The molecule has 5 heteroatoms. The van der Waals surface area contributed by atoms with Gasteiger partial charge in [0.1, 0.15) is 18.2 Å². The number of methoxy groups -OCH3 is 1. The number of aliphatic hydroxyl groups excluding tert-OH is 1. The fourth-order valence-corrected chi connectivity index (χ4v) is 6.09. The summed E-state index contributed by atoms with van der Waals surface area (Å²) >= 11 is 6.40. The van der Waals surface area contributed by atoms with Gasteiger partial charge in [-0.1, -0.05) is 29.8 Å². The van der Waals surface area contributed by atoms with Crippen molar-refractivity contribution in [3.05, 3.63) is 35.4 Å². The molecule has 2 heterocycles. The van der Waals surface area contributed by atoms with Crippen molar-refractivity contribution >= 4 is 11.6 Å². The molecule has 1 N–H and O–H groups in total. The molecule has 0 amide bonds. The number of benzene rings is 1. The highest BCUT2D eigenvalue weighted by Gasteiger charge is 2.67. The molecule has 1 fully saturated rings. The van der Waals surface area contributed by atoms with Gasteiger partial charge in [-0.05, 0) is 11.6 Å². The number of aliphatic hydroxyl groups is 1. The zero-order chi connectivity index (χ0) is 16.7. The van der Waals surface area contributed by atoms with Crippen LogP contribution in [0.1, 0.15) is 17.5 Å². The Morgan fingerprint density at radius 3 is 3.00 bits per heavy atom. The number of quaternary nitrogens is 1. The molecule has 128 valence electrons. The maximum Gasteiger partial charge on any atom is 0.165 e. The highest BCUT2D eigenvalue weighted by molar-refractivity contribution is 6.17. The van der Waals surface area contributed by atoms with Crippen LogP contribution in [-0.4, -0.2) is 54.5 Å². The van der Waals surface area contributed by atoms with E-state index in [9.17, 15) is 5.11 Å². The van der Waals surface area contributed by atoms with Crippen molar-refractivity contribution in [2.24, 2.45) is 5.92 Å². The molecular weight excluding hydrogens is 326 g/mol. The highest BCUT2D eigenvalue weighted by atomic mass is 35.5. The molecule has 5 rings (SSSR count). The van der Waals surface area contributed by atoms with Gasteiger partial charge in [-0.15, -0.1) is 0 Å². The summed E-state index contributed by atoms with van der Waals surface area (Å²) in [4.78, 5) is 0. The summed E-state index contributed by atoms with van der Waals surface area (Å²) in [5.74, 6) is 1.99. The first-order valence-corrected chi connectivity index (χ1v) is 9.22. The van der Waals surface area contributed by atoms with E-state index in [-0.39, 0.29) is 11.5 Å². The van der Waals surface area contributed by atoms with E-state index in [1.807, 2.05) is 12.1 Å². The topological polar surface area (TPSA) is 38.7 Å². The van der Waals surface area contributed by atoms with E-state index in [4.69, 9.17) is 21.1 Å². The zero-order valence-corrected chi connectivity index (χ0v) is 14.8. The van der Waals surface area contributed by atoms with Gasteiger partial charge >= 0.3 is 0 Å². The molecule has 0 radical (unpaired) electrons. The number of halogens is 1. The number of rotatable bonds is 2. The Labute approximate surface area is 147 Å². The third kappa shape index (κ3) is 1.53. The molecule has 1 unspecified atom stereocenters.